The minimum atomic E-state index is 0.854. The Balaban J connectivity index is 1.53. The van der Waals surface area contributed by atoms with Crippen LogP contribution in [0.2, 0.25) is 5.02 Å². The van der Waals surface area contributed by atoms with Crippen LogP contribution in [0.4, 0.5) is 0 Å². The fourth-order valence-electron chi connectivity index (χ4n) is 2.75. The van der Waals surface area contributed by atoms with Crippen LogP contribution in [0.15, 0.2) is 53.6 Å². The van der Waals surface area contributed by atoms with Crippen LogP contribution in [0.5, 0.6) is 0 Å². The summed E-state index contributed by atoms with van der Waals surface area (Å²) in [7, 11) is 0. The van der Waals surface area contributed by atoms with Gasteiger partial charge >= 0.3 is 0 Å². The first-order valence-electron chi connectivity index (χ1n) is 8.03. The van der Waals surface area contributed by atoms with Crippen molar-refractivity contribution in [3.63, 3.8) is 0 Å². The Morgan fingerprint density at radius 1 is 1.00 bits per heavy atom. The van der Waals surface area contributed by atoms with E-state index in [0.717, 1.165) is 37.7 Å². The Bertz CT molecular complexity index is 676. The molecule has 0 spiro atoms. The Morgan fingerprint density at radius 2 is 1.70 bits per heavy atom. The number of aryl methyl sites for hydroxylation is 1. The van der Waals surface area contributed by atoms with E-state index in [1.54, 1.807) is 0 Å². The molecule has 23 heavy (non-hydrogen) atoms. The second-order valence-corrected chi connectivity index (χ2v) is 6.33. The molecule has 0 amide bonds. The van der Waals surface area contributed by atoms with E-state index in [9.17, 15) is 0 Å². The third-order valence-corrected chi connectivity index (χ3v) is 4.62. The van der Waals surface area contributed by atoms with Gasteiger partial charge < -0.3 is 0 Å². The predicted molar refractivity (Wildman–Crippen MR) is 97.1 cm³/mol. The third-order valence-electron chi connectivity index (χ3n) is 4.25. The molecule has 0 aromatic heterocycles. The molecule has 1 saturated heterocycles. The van der Waals surface area contributed by atoms with Gasteiger partial charge in [-0.1, -0.05) is 54.1 Å². The lowest BCUT2D eigenvalue weighted by Crippen LogP contribution is -2.43. The standard InChI is InChI=1S/C19H22ClN3/c1-16-6-2-3-7-17(16)14-21-23-12-10-22(11-13-23)15-18-8-4-5-9-19(18)20/h2-9,14H,10-13,15H2,1H3. The molecule has 0 unspecified atom stereocenters. The van der Waals surface area contributed by atoms with Crippen LogP contribution in [0.3, 0.4) is 0 Å². The third kappa shape index (κ3) is 4.34. The van der Waals surface area contributed by atoms with Gasteiger partial charge in [0.05, 0.1) is 6.21 Å². The lowest BCUT2D eigenvalue weighted by molar-refractivity contribution is 0.131. The first-order chi connectivity index (χ1) is 11.2. The minimum Gasteiger partial charge on any atom is -0.295 e. The van der Waals surface area contributed by atoms with E-state index in [1.807, 2.05) is 24.4 Å². The van der Waals surface area contributed by atoms with Crippen molar-refractivity contribution in [1.82, 2.24) is 9.91 Å². The first kappa shape index (κ1) is 16.0. The molecule has 4 heteroatoms. The predicted octanol–water partition coefficient (Wildman–Crippen LogP) is 3.80. The summed E-state index contributed by atoms with van der Waals surface area (Å²) in [4.78, 5) is 2.43. The lowest BCUT2D eigenvalue weighted by Gasteiger charge is -2.33. The van der Waals surface area contributed by atoms with Crippen molar-refractivity contribution in [3.8, 4) is 0 Å². The zero-order chi connectivity index (χ0) is 16.1. The van der Waals surface area contributed by atoms with Gasteiger partial charge in [-0.25, -0.2) is 0 Å². The van der Waals surface area contributed by atoms with Crippen LogP contribution < -0.4 is 0 Å². The number of hydrazone groups is 1. The van der Waals surface area contributed by atoms with Gasteiger partial charge in [0.15, 0.2) is 0 Å². The highest BCUT2D eigenvalue weighted by Crippen LogP contribution is 2.18. The number of hydrogen-bond acceptors (Lipinski definition) is 3. The highest BCUT2D eigenvalue weighted by atomic mass is 35.5. The van der Waals surface area contributed by atoms with E-state index in [1.165, 1.54) is 16.7 Å². The smallest absolute Gasteiger partial charge is 0.0545 e. The number of hydrogen-bond donors (Lipinski definition) is 0. The number of benzene rings is 2. The minimum absolute atomic E-state index is 0.854. The molecule has 0 N–H and O–H groups in total. The summed E-state index contributed by atoms with van der Waals surface area (Å²) >= 11 is 6.24. The van der Waals surface area contributed by atoms with E-state index in [4.69, 9.17) is 11.6 Å². The molecule has 2 aromatic rings. The molecule has 0 radical (unpaired) electrons. The summed E-state index contributed by atoms with van der Waals surface area (Å²) in [5.41, 5.74) is 3.64. The van der Waals surface area contributed by atoms with Crippen molar-refractivity contribution < 1.29 is 0 Å². The maximum atomic E-state index is 6.24. The summed E-state index contributed by atoms with van der Waals surface area (Å²) in [6.45, 7) is 6.95. The molecule has 1 aliphatic heterocycles. The molecular formula is C19H22ClN3. The van der Waals surface area contributed by atoms with E-state index in [2.05, 4.69) is 52.3 Å². The van der Waals surface area contributed by atoms with Gasteiger partial charge in [-0.2, -0.15) is 5.10 Å². The van der Waals surface area contributed by atoms with Crippen molar-refractivity contribution in [1.29, 1.82) is 0 Å². The largest absolute Gasteiger partial charge is 0.295 e. The molecule has 0 bridgehead atoms. The highest BCUT2D eigenvalue weighted by molar-refractivity contribution is 6.31. The molecule has 120 valence electrons. The Kier molecular flexibility index (Phi) is 5.31. The monoisotopic (exact) mass is 327 g/mol. The Morgan fingerprint density at radius 3 is 2.43 bits per heavy atom. The molecule has 3 nitrogen and oxygen atoms in total. The molecule has 1 fully saturated rings. The molecule has 0 aliphatic carbocycles. The van der Waals surface area contributed by atoms with Gasteiger partial charge in [0, 0.05) is 37.7 Å². The van der Waals surface area contributed by atoms with Crippen LogP contribution in [-0.4, -0.2) is 42.3 Å². The molecule has 0 atom stereocenters. The average molecular weight is 328 g/mol. The molecule has 2 aromatic carbocycles. The molecule has 3 rings (SSSR count). The quantitative estimate of drug-likeness (QED) is 0.795. The summed E-state index contributed by atoms with van der Waals surface area (Å²) in [6, 6.07) is 16.4. The van der Waals surface area contributed by atoms with Crippen molar-refractivity contribution >= 4 is 17.8 Å². The van der Waals surface area contributed by atoms with Crippen molar-refractivity contribution in [2.45, 2.75) is 13.5 Å². The number of piperazine rings is 1. The van der Waals surface area contributed by atoms with Crippen molar-refractivity contribution in [2.24, 2.45) is 5.10 Å². The zero-order valence-electron chi connectivity index (χ0n) is 13.5. The van der Waals surface area contributed by atoms with E-state index in [0.29, 0.717) is 0 Å². The van der Waals surface area contributed by atoms with E-state index in [-0.39, 0.29) is 0 Å². The second kappa shape index (κ2) is 7.62. The van der Waals surface area contributed by atoms with Crippen molar-refractivity contribution in [3.05, 3.63) is 70.2 Å². The first-order valence-corrected chi connectivity index (χ1v) is 8.40. The van der Waals surface area contributed by atoms with Crippen LogP contribution in [0.25, 0.3) is 0 Å². The molecule has 1 heterocycles. The maximum absolute atomic E-state index is 6.24. The number of halogens is 1. The van der Waals surface area contributed by atoms with Gasteiger partial charge in [-0.05, 0) is 29.7 Å². The van der Waals surface area contributed by atoms with Gasteiger partial charge in [0.25, 0.3) is 0 Å². The zero-order valence-corrected chi connectivity index (χ0v) is 14.2. The molecular weight excluding hydrogens is 306 g/mol. The SMILES string of the molecule is Cc1ccccc1C=NN1CCN(Cc2ccccc2Cl)CC1. The summed E-state index contributed by atoms with van der Waals surface area (Å²) < 4.78 is 0. The summed E-state index contributed by atoms with van der Waals surface area (Å²) in [5.74, 6) is 0. The van der Waals surface area contributed by atoms with Crippen LogP contribution in [0.1, 0.15) is 16.7 Å². The average Bonchev–Trinajstić information content (AvgIpc) is 2.57. The van der Waals surface area contributed by atoms with Crippen LogP contribution >= 0.6 is 11.6 Å². The Hall–Kier alpha value is -1.84. The van der Waals surface area contributed by atoms with Gasteiger partial charge in [0.2, 0.25) is 0 Å². The van der Waals surface area contributed by atoms with Crippen LogP contribution in [0, 0.1) is 6.92 Å². The van der Waals surface area contributed by atoms with Crippen LogP contribution in [-0.2, 0) is 6.54 Å². The van der Waals surface area contributed by atoms with Gasteiger partial charge in [-0.3, -0.25) is 9.91 Å². The Labute approximate surface area is 143 Å². The summed E-state index contributed by atoms with van der Waals surface area (Å²) in [5, 5.41) is 7.63. The van der Waals surface area contributed by atoms with Crippen molar-refractivity contribution in [2.75, 3.05) is 26.2 Å². The summed E-state index contributed by atoms with van der Waals surface area (Å²) in [6.07, 6.45) is 1.97. The number of nitrogens with zero attached hydrogens (tertiary/aromatic N) is 3. The number of rotatable bonds is 4. The lowest BCUT2D eigenvalue weighted by atomic mass is 10.1. The second-order valence-electron chi connectivity index (χ2n) is 5.92. The fraction of sp³-hybridized carbons (Fsp3) is 0.316. The topological polar surface area (TPSA) is 18.8 Å². The molecule has 0 saturated carbocycles. The maximum Gasteiger partial charge on any atom is 0.0545 e. The van der Waals surface area contributed by atoms with Gasteiger partial charge in [0.1, 0.15) is 0 Å². The van der Waals surface area contributed by atoms with E-state index < -0.39 is 0 Å². The highest BCUT2D eigenvalue weighted by Gasteiger charge is 2.16. The normalized spacial score (nSPS) is 16.2. The fourth-order valence-corrected chi connectivity index (χ4v) is 2.95. The molecule has 1 aliphatic rings. The van der Waals surface area contributed by atoms with E-state index >= 15 is 0 Å². The van der Waals surface area contributed by atoms with Gasteiger partial charge in [-0.15, -0.1) is 0 Å².